The van der Waals surface area contributed by atoms with E-state index in [4.69, 9.17) is 4.74 Å². The molecule has 1 saturated heterocycles. The van der Waals surface area contributed by atoms with Gasteiger partial charge in [0.15, 0.2) is 5.17 Å². The number of allylic oxidation sites excluding steroid dienone is 1. The van der Waals surface area contributed by atoms with Crippen LogP contribution < -0.4 is 0 Å². The first-order valence-corrected chi connectivity index (χ1v) is 8.94. The highest BCUT2D eigenvalue weighted by Crippen LogP contribution is 2.45. The van der Waals surface area contributed by atoms with Gasteiger partial charge in [-0.3, -0.25) is 19.8 Å². The normalized spacial score (nSPS) is 22.2. The van der Waals surface area contributed by atoms with Crippen LogP contribution in [0.2, 0.25) is 0 Å². The average Bonchev–Trinajstić information content (AvgIpc) is 2.87. The van der Waals surface area contributed by atoms with Crippen LogP contribution >= 0.6 is 11.8 Å². The fourth-order valence-electron chi connectivity index (χ4n) is 3.05. The minimum atomic E-state index is -0.937. The fraction of sp³-hybridized carbons (Fsp3) is 0.353. The number of nitro groups is 1. The second-order valence-electron chi connectivity index (χ2n) is 5.80. The fourth-order valence-corrected chi connectivity index (χ4v) is 4.08. The number of rotatable bonds is 4. The number of fused-ring (bicyclic) bond motifs is 1. The predicted molar refractivity (Wildman–Crippen MR) is 96.5 cm³/mol. The number of esters is 1. The minimum absolute atomic E-state index is 0.146. The molecule has 0 radical (unpaired) electrons. The van der Waals surface area contributed by atoms with Crippen molar-refractivity contribution in [3.63, 3.8) is 0 Å². The molecule has 9 heteroatoms. The first kappa shape index (κ1) is 18.1. The van der Waals surface area contributed by atoms with Gasteiger partial charge in [-0.2, -0.15) is 0 Å². The molecule has 0 unspecified atom stereocenters. The maximum absolute atomic E-state index is 12.7. The molecule has 2 atom stereocenters. The molecule has 3 rings (SSSR count). The number of thioether (sulfide) groups is 1. The van der Waals surface area contributed by atoms with Gasteiger partial charge in [0.2, 0.25) is 5.91 Å². The van der Waals surface area contributed by atoms with Crippen LogP contribution in [0.3, 0.4) is 0 Å². The van der Waals surface area contributed by atoms with E-state index in [1.54, 1.807) is 39.0 Å². The second kappa shape index (κ2) is 6.91. The smallest absolute Gasteiger partial charge is 0.338 e. The molecule has 136 valence electrons. The summed E-state index contributed by atoms with van der Waals surface area (Å²) < 4.78 is 5.13. The van der Waals surface area contributed by atoms with Gasteiger partial charge in [-0.1, -0.05) is 23.9 Å². The molecule has 1 aromatic rings. The zero-order chi connectivity index (χ0) is 19.0. The van der Waals surface area contributed by atoms with Gasteiger partial charge >= 0.3 is 5.97 Å². The summed E-state index contributed by atoms with van der Waals surface area (Å²) in [5.41, 5.74) is 0.640. The number of ether oxygens (including phenoxy) is 1. The maximum Gasteiger partial charge on any atom is 0.338 e. The number of amides is 1. The van der Waals surface area contributed by atoms with Crippen LogP contribution in [0, 0.1) is 10.1 Å². The topological polar surface area (TPSA) is 102 Å². The summed E-state index contributed by atoms with van der Waals surface area (Å²) in [7, 11) is 0. The number of nitro benzene ring substituents is 1. The predicted octanol–water partition coefficient (Wildman–Crippen LogP) is 2.81. The Morgan fingerprint density at radius 1 is 1.42 bits per heavy atom. The van der Waals surface area contributed by atoms with E-state index in [0.29, 0.717) is 10.9 Å². The number of carbonyl (C=O) groups is 2. The number of aliphatic imine (C=N–C) groups is 1. The third-order valence-electron chi connectivity index (χ3n) is 4.18. The Balaban J connectivity index is 2.23. The zero-order valence-electron chi connectivity index (χ0n) is 14.5. The first-order valence-electron chi connectivity index (χ1n) is 8.06. The highest BCUT2D eigenvalue weighted by atomic mass is 32.2. The lowest BCUT2D eigenvalue weighted by molar-refractivity contribution is -0.385. The number of carbonyl (C=O) groups excluding carboxylic acids is 2. The molecule has 0 aliphatic carbocycles. The number of para-hydroxylation sites is 1. The highest BCUT2D eigenvalue weighted by Gasteiger charge is 2.47. The van der Waals surface area contributed by atoms with E-state index in [2.05, 4.69) is 4.99 Å². The van der Waals surface area contributed by atoms with Gasteiger partial charge in [0.25, 0.3) is 5.69 Å². The second-order valence-corrected chi connectivity index (χ2v) is 7.11. The molecule has 0 N–H and O–H groups in total. The molecular weight excluding hydrogens is 358 g/mol. The summed E-state index contributed by atoms with van der Waals surface area (Å²) in [6.07, 6.45) is 0. The summed E-state index contributed by atoms with van der Waals surface area (Å²) in [5.74, 6) is -0.875. The third kappa shape index (κ3) is 2.88. The molecule has 1 aromatic carbocycles. The van der Waals surface area contributed by atoms with Crippen LogP contribution in [0.5, 0.6) is 0 Å². The van der Waals surface area contributed by atoms with Crippen molar-refractivity contribution >= 4 is 34.5 Å². The largest absolute Gasteiger partial charge is 0.463 e. The Hall–Kier alpha value is -2.68. The number of hydrogen-bond acceptors (Lipinski definition) is 7. The van der Waals surface area contributed by atoms with Crippen molar-refractivity contribution in [2.75, 3.05) is 6.61 Å². The third-order valence-corrected chi connectivity index (χ3v) is 5.24. The Morgan fingerprint density at radius 3 is 2.77 bits per heavy atom. The van der Waals surface area contributed by atoms with Crippen LogP contribution in [-0.4, -0.2) is 38.7 Å². The summed E-state index contributed by atoms with van der Waals surface area (Å²) >= 11 is 1.27. The molecule has 8 nitrogen and oxygen atoms in total. The van der Waals surface area contributed by atoms with E-state index in [0.717, 1.165) is 0 Å². The molecule has 2 aliphatic rings. The van der Waals surface area contributed by atoms with Crippen LogP contribution in [-0.2, 0) is 14.3 Å². The number of nitrogens with zero attached hydrogens (tertiary/aromatic N) is 3. The van der Waals surface area contributed by atoms with Gasteiger partial charge in [0, 0.05) is 6.07 Å². The van der Waals surface area contributed by atoms with Gasteiger partial charge in [0.05, 0.1) is 33.6 Å². The molecule has 1 amide bonds. The molecule has 2 aliphatic heterocycles. The molecular formula is C17H17N3O5S. The molecule has 0 bridgehead atoms. The van der Waals surface area contributed by atoms with Gasteiger partial charge in [-0.05, 0) is 26.8 Å². The van der Waals surface area contributed by atoms with Crippen molar-refractivity contribution in [1.82, 2.24) is 4.90 Å². The molecule has 0 saturated carbocycles. The summed E-state index contributed by atoms with van der Waals surface area (Å²) in [6.45, 7) is 5.20. The van der Waals surface area contributed by atoms with Crippen molar-refractivity contribution in [1.29, 1.82) is 0 Å². The average molecular weight is 375 g/mol. The van der Waals surface area contributed by atoms with Gasteiger partial charge in [0.1, 0.15) is 6.04 Å². The van der Waals surface area contributed by atoms with E-state index >= 15 is 0 Å². The van der Waals surface area contributed by atoms with E-state index in [1.807, 2.05) is 0 Å². The van der Waals surface area contributed by atoms with Crippen molar-refractivity contribution in [2.24, 2.45) is 4.99 Å². The van der Waals surface area contributed by atoms with Crippen molar-refractivity contribution in [3.05, 3.63) is 51.2 Å². The van der Waals surface area contributed by atoms with Gasteiger partial charge in [-0.25, -0.2) is 9.79 Å². The lowest BCUT2D eigenvalue weighted by Gasteiger charge is -2.32. The maximum atomic E-state index is 12.7. The number of amidine groups is 1. The van der Waals surface area contributed by atoms with Crippen molar-refractivity contribution in [3.8, 4) is 0 Å². The van der Waals surface area contributed by atoms with Crippen LogP contribution in [0.4, 0.5) is 5.69 Å². The Kier molecular flexibility index (Phi) is 4.82. The van der Waals surface area contributed by atoms with Crippen LogP contribution in [0.25, 0.3) is 0 Å². The Morgan fingerprint density at radius 2 is 2.12 bits per heavy atom. The number of hydrogen-bond donors (Lipinski definition) is 0. The Labute approximate surface area is 154 Å². The molecule has 0 aromatic heterocycles. The lowest BCUT2D eigenvalue weighted by Crippen LogP contribution is -2.40. The van der Waals surface area contributed by atoms with Crippen molar-refractivity contribution in [2.45, 2.75) is 32.1 Å². The zero-order valence-corrected chi connectivity index (χ0v) is 15.3. The summed E-state index contributed by atoms with van der Waals surface area (Å²) in [5, 5.41) is 11.6. The van der Waals surface area contributed by atoms with Crippen LogP contribution in [0.1, 0.15) is 32.4 Å². The van der Waals surface area contributed by atoms with E-state index in [9.17, 15) is 19.7 Å². The van der Waals surface area contributed by atoms with E-state index in [1.165, 1.54) is 22.7 Å². The van der Waals surface area contributed by atoms with Gasteiger partial charge < -0.3 is 4.74 Å². The molecule has 26 heavy (non-hydrogen) atoms. The van der Waals surface area contributed by atoms with Gasteiger partial charge in [-0.15, -0.1) is 0 Å². The summed E-state index contributed by atoms with van der Waals surface area (Å²) in [4.78, 5) is 42.1. The molecule has 0 spiro atoms. The van der Waals surface area contributed by atoms with Crippen LogP contribution in [0.15, 0.2) is 40.5 Å². The first-order chi connectivity index (χ1) is 12.4. The minimum Gasteiger partial charge on any atom is -0.463 e. The van der Waals surface area contributed by atoms with Crippen molar-refractivity contribution < 1.29 is 19.2 Å². The molecule has 2 heterocycles. The quantitative estimate of drug-likeness (QED) is 0.455. The molecule has 1 fully saturated rings. The summed E-state index contributed by atoms with van der Waals surface area (Å²) in [6, 6.07) is 5.16. The standard InChI is InChI=1S/C17H17N3O5S/c1-4-25-16(22)13-9(2)18-17-19(15(21)10(3)26-17)14(13)11-7-5-6-8-12(11)20(23)24/h5-8,10,14H,4H2,1-3H3/t10-,14-/m0/s1. The Bertz CT molecular complexity index is 864. The SMILES string of the molecule is CCOC(=O)C1=C(C)N=C2S[C@@H](C)C(=O)N2[C@H]1c1ccccc1[N+](=O)[O-]. The van der Waals surface area contributed by atoms with E-state index in [-0.39, 0.29) is 34.6 Å². The number of benzene rings is 1. The highest BCUT2D eigenvalue weighted by molar-refractivity contribution is 8.15. The lowest BCUT2D eigenvalue weighted by atomic mass is 9.93. The monoisotopic (exact) mass is 375 g/mol. The van der Waals surface area contributed by atoms with E-state index < -0.39 is 16.9 Å².